The number of benzene rings is 1. The standard InChI is InChI=1S/C15H21N3O2/c1-10(7-8-17(3)4)18-11(2)16-13-9-12(15(19)20)5-6-14(13)18/h5-6,9-10H,7-8H2,1-4H3,(H,19,20). The third-order valence-electron chi connectivity index (χ3n) is 3.55. The first-order valence-corrected chi connectivity index (χ1v) is 6.76. The van der Waals surface area contributed by atoms with Gasteiger partial charge in [-0.05, 0) is 59.1 Å². The van der Waals surface area contributed by atoms with E-state index in [1.165, 1.54) is 0 Å². The van der Waals surface area contributed by atoms with E-state index in [9.17, 15) is 4.79 Å². The number of aryl methyl sites for hydroxylation is 1. The van der Waals surface area contributed by atoms with Crippen LogP contribution in [0.5, 0.6) is 0 Å². The van der Waals surface area contributed by atoms with Gasteiger partial charge < -0.3 is 14.6 Å². The first-order valence-electron chi connectivity index (χ1n) is 6.76. The summed E-state index contributed by atoms with van der Waals surface area (Å²) in [7, 11) is 4.12. The zero-order valence-corrected chi connectivity index (χ0v) is 12.4. The Morgan fingerprint density at radius 2 is 2.15 bits per heavy atom. The Hall–Kier alpha value is -1.88. The quantitative estimate of drug-likeness (QED) is 0.911. The fourth-order valence-corrected chi connectivity index (χ4v) is 2.48. The highest BCUT2D eigenvalue weighted by molar-refractivity contribution is 5.92. The van der Waals surface area contributed by atoms with Gasteiger partial charge in [0.05, 0.1) is 16.6 Å². The molecule has 0 bridgehead atoms. The Morgan fingerprint density at radius 1 is 1.45 bits per heavy atom. The highest BCUT2D eigenvalue weighted by Gasteiger charge is 2.15. The van der Waals surface area contributed by atoms with Crippen molar-refractivity contribution in [1.82, 2.24) is 14.5 Å². The average Bonchev–Trinajstić information content (AvgIpc) is 2.70. The first-order chi connectivity index (χ1) is 9.40. The number of aromatic nitrogens is 2. The summed E-state index contributed by atoms with van der Waals surface area (Å²) >= 11 is 0. The van der Waals surface area contributed by atoms with Gasteiger partial charge in [0.25, 0.3) is 0 Å². The molecule has 0 saturated carbocycles. The summed E-state index contributed by atoms with van der Waals surface area (Å²) in [6.07, 6.45) is 1.03. The van der Waals surface area contributed by atoms with Gasteiger partial charge in [0.1, 0.15) is 5.82 Å². The fourth-order valence-electron chi connectivity index (χ4n) is 2.48. The third-order valence-corrected chi connectivity index (χ3v) is 3.55. The topological polar surface area (TPSA) is 58.4 Å². The van der Waals surface area contributed by atoms with Crippen molar-refractivity contribution in [2.45, 2.75) is 26.3 Å². The van der Waals surface area contributed by atoms with Crippen LogP contribution in [0.1, 0.15) is 35.6 Å². The van der Waals surface area contributed by atoms with Gasteiger partial charge in [-0.15, -0.1) is 0 Å². The lowest BCUT2D eigenvalue weighted by Crippen LogP contribution is -2.18. The molecule has 5 heteroatoms. The van der Waals surface area contributed by atoms with E-state index >= 15 is 0 Å². The molecule has 0 radical (unpaired) electrons. The fraction of sp³-hybridized carbons (Fsp3) is 0.467. The van der Waals surface area contributed by atoms with Gasteiger partial charge in [-0.25, -0.2) is 9.78 Å². The molecule has 20 heavy (non-hydrogen) atoms. The van der Waals surface area contributed by atoms with Crippen LogP contribution in [0.15, 0.2) is 18.2 Å². The number of carboxylic acids is 1. The van der Waals surface area contributed by atoms with E-state index in [4.69, 9.17) is 5.11 Å². The molecule has 1 unspecified atom stereocenters. The highest BCUT2D eigenvalue weighted by atomic mass is 16.4. The van der Waals surface area contributed by atoms with Crippen LogP contribution >= 0.6 is 0 Å². The van der Waals surface area contributed by atoms with Gasteiger partial charge in [0.15, 0.2) is 0 Å². The molecule has 0 aliphatic heterocycles. The Balaban J connectivity index is 2.38. The van der Waals surface area contributed by atoms with Gasteiger partial charge in [0.2, 0.25) is 0 Å². The second-order valence-corrected chi connectivity index (χ2v) is 5.48. The number of hydrogen-bond acceptors (Lipinski definition) is 3. The van der Waals surface area contributed by atoms with E-state index in [-0.39, 0.29) is 5.56 Å². The van der Waals surface area contributed by atoms with Gasteiger partial charge in [-0.2, -0.15) is 0 Å². The Morgan fingerprint density at radius 3 is 2.75 bits per heavy atom. The Bertz CT molecular complexity index is 631. The van der Waals surface area contributed by atoms with Gasteiger partial charge in [0, 0.05) is 6.04 Å². The van der Waals surface area contributed by atoms with Crippen LogP contribution in [0.4, 0.5) is 0 Å². The van der Waals surface area contributed by atoms with Crippen LogP contribution < -0.4 is 0 Å². The largest absolute Gasteiger partial charge is 0.478 e. The monoisotopic (exact) mass is 275 g/mol. The van der Waals surface area contributed by atoms with Gasteiger partial charge >= 0.3 is 5.97 Å². The van der Waals surface area contributed by atoms with Gasteiger partial charge in [-0.3, -0.25) is 0 Å². The summed E-state index contributed by atoms with van der Waals surface area (Å²) in [6.45, 7) is 5.14. The normalized spacial score (nSPS) is 13.1. The zero-order chi connectivity index (χ0) is 14.9. The summed E-state index contributed by atoms with van der Waals surface area (Å²) in [5.41, 5.74) is 2.03. The molecule has 1 heterocycles. The van der Waals surface area contributed by atoms with Crippen molar-refractivity contribution in [3.63, 3.8) is 0 Å². The van der Waals surface area contributed by atoms with Crippen molar-refractivity contribution in [2.75, 3.05) is 20.6 Å². The van der Waals surface area contributed by atoms with E-state index in [0.717, 1.165) is 29.8 Å². The minimum atomic E-state index is -0.917. The number of aromatic carboxylic acids is 1. The molecule has 0 saturated heterocycles. The smallest absolute Gasteiger partial charge is 0.335 e. The van der Waals surface area contributed by atoms with E-state index < -0.39 is 5.97 Å². The number of rotatable bonds is 5. The summed E-state index contributed by atoms with van der Waals surface area (Å²) in [6, 6.07) is 5.46. The molecule has 0 amide bonds. The minimum Gasteiger partial charge on any atom is -0.478 e. The van der Waals surface area contributed by atoms with Crippen molar-refractivity contribution >= 4 is 17.0 Å². The van der Waals surface area contributed by atoms with E-state index in [1.54, 1.807) is 12.1 Å². The van der Waals surface area contributed by atoms with Crippen molar-refractivity contribution < 1.29 is 9.90 Å². The molecule has 1 aromatic carbocycles. The molecule has 0 spiro atoms. The molecular weight excluding hydrogens is 254 g/mol. The van der Waals surface area contributed by atoms with Crippen molar-refractivity contribution in [3.8, 4) is 0 Å². The summed E-state index contributed by atoms with van der Waals surface area (Å²) < 4.78 is 2.18. The van der Waals surface area contributed by atoms with E-state index in [2.05, 4.69) is 35.5 Å². The lowest BCUT2D eigenvalue weighted by Gasteiger charge is -2.18. The number of fused-ring (bicyclic) bond motifs is 1. The van der Waals surface area contributed by atoms with Crippen molar-refractivity contribution in [1.29, 1.82) is 0 Å². The predicted molar refractivity (Wildman–Crippen MR) is 79.3 cm³/mol. The number of carboxylic acid groups (broad SMARTS) is 1. The summed E-state index contributed by atoms with van der Waals surface area (Å²) in [5, 5.41) is 9.03. The number of imidazole rings is 1. The van der Waals surface area contributed by atoms with Crippen molar-refractivity contribution in [3.05, 3.63) is 29.6 Å². The number of hydrogen-bond donors (Lipinski definition) is 1. The van der Waals surface area contributed by atoms with E-state index in [0.29, 0.717) is 6.04 Å². The maximum atomic E-state index is 11.0. The molecule has 1 N–H and O–H groups in total. The first kappa shape index (κ1) is 14.5. The minimum absolute atomic E-state index is 0.281. The summed E-state index contributed by atoms with van der Waals surface area (Å²) in [4.78, 5) is 17.7. The molecule has 5 nitrogen and oxygen atoms in total. The van der Waals surface area contributed by atoms with Crippen LogP contribution in [0.3, 0.4) is 0 Å². The van der Waals surface area contributed by atoms with Crippen molar-refractivity contribution in [2.24, 2.45) is 0 Å². The van der Waals surface area contributed by atoms with Crippen LogP contribution in [-0.4, -0.2) is 46.2 Å². The summed E-state index contributed by atoms with van der Waals surface area (Å²) in [5.74, 6) is 0.00792. The maximum Gasteiger partial charge on any atom is 0.335 e. The lowest BCUT2D eigenvalue weighted by atomic mass is 10.1. The lowest BCUT2D eigenvalue weighted by molar-refractivity contribution is 0.0697. The second kappa shape index (κ2) is 5.63. The van der Waals surface area contributed by atoms with E-state index in [1.807, 2.05) is 13.0 Å². The highest BCUT2D eigenvalue weighted by Crippen LogP contribution is 2.23. The third kappa shape index (κ3) is 2.82. The zero-order valence-electron chi connectivity index (χ0n) is 12.4. The van der Waals surface area contributed by atoms with Gasteiger partial charge in [-0.1, -0.05) is 0 Å². The molecule has 108 valence electrons. The number of nitrogens with zero attached hydrogens (tertiary/aromatic N) is 3. The molecule has 1 atom stereocenters. The number of carbonyl (C=O) groups is 1. The predicted octanol–water partition coefficient (Wildman–Crippen LogP) is 2.56. The molecular formula is C15H21N3O2. The Kier molecular flexibility index (Phi) is 4.09. The van der Waals surface area contributed by atoms with Crippen LogP contribution in [0.2, 0.25) is 0 Å². The average molecular weight is 275 g/mol. The van der Waals surface area contributed by atoms with Crippen LogP contribution in [0, 0.1) is 6.92 Å². The maximum absolute atomic E-state index is 11.0. The van der Waals surface area contributed by atoms with Crippen LogP contribution in [0.25, 0.3) is 11.0 Å². The second-order valence-electron chi connectivity index (χ2n) is 5.48. The molecule has 0 aliphatic carbocycles. The molecule has 2 aromatic rings. The molecule has 1 aromatic heterocycles. The molecule has 0 fully saturated rings. The van der Waals surface area contributed by atoms with Crippen LogP contribution in [-0.2, 0) is 0 Å². The molecule has 2 rings (SSSR count). The Labute approximate surface area is 118 Å². The molecule has 0 aliphatic rings. The SMILES string of the molecule is Cc1nc2cc(C(=O)O)ccc2n1C(C)CCN(C)C.